The summed E-state index contributed by atoms with van der Waals surface area (Å²) in [5.74, 6) is -0.0733. The second kappa shape index (κ2) is 6.20. The van der Waals surface area contributed by atoms with Gasteiger partial charge in [0.15, 0.2) is 0 Å². The molecule has 2 aliphatic rings. The summed E-state index contributed by atoms with van der Waals surface area (Å²) in [6.45, 7) is 1.78. The second-order valence-corrected chi connectivity index (χ2v) is 6.39. The van der Waals surface area contributed by atoms with Crippen molar-refractivity contribution in [1.82, 2.24) is 20.0 Å². The Kier molecular flexibility index (Phi) is 3.90. The first kappa shape index (κ1) is 15.1. The molecule has 0 spiro atoms. The number of nitrogens with zero attached hydrogens (tertiary/aromatic N) is 3. The van der Waals surface area contributed by atoms with Gasteiger partial charge >= 0.3 is 0 Å². The van der Waals surface area contributed by atoms with Gasteiger partial charge in [0, 0.05) is 24.7 Å². The SMILES string of the molecule is O=C(c1ccc(=O)n(-c2ccccc2)n1)N1C2CCNCC1CC2. The van der Waals surface area contributed by atoms with Crippen LogP contribution in [0.3, 0.4) is 0 Å². The fourth-order valence-electron chi connectivity index (χ4n) is 3.73. The van der Waals surface area contributed by atoms with E-state index in [1.54, 1.807) is 6.07 Å². The van der Waals surface area contributed by atoms with Crippen LogP contribution in [0.4, 0.5) is 0 Å². The lowest BCUT2D eigenvalue weighted by Crippen LogP contribution is -2.43. The van der Waals surface area contributed by atoms with E-state index in [0.29, 0.717) is 11.4 Å². The number of benzene rings is 1. The Morgan fingerprint density at radius 2 is 1.83 bits per heavy atom. The first-order valence-electron chi connectivity index (χ1n) is 8.43. The summed E-state index contributed by atoms with van der Waals surface area (Å²) in [6, 6.07) is 12.7. The molecule has 6 heteroatoms. The average Bonchev–Trinajstić information content (AvgIpc) is 2.88. The smallest absolute Gasteiger partial charge is 0.274 e. The van der Waals surface area contributed by atoms with Gasteiger partial charge in [0.25, 0.3) is 11.5 Å². The van der Waals surface area contributed by atoms with Crippen molar-refractivity contribution < 1.29 is 4.79 Å². The Bertz CT molecular complexity index is 788. The lowest BCUT2D eigenvalue weighted by molar-refractivity contribution is 0.0672. The molecule has 0 radical (unpaired) electrons. The predicted molar refractivity (Wildman–Crippen MR) is 90.3 cm³/mol. The molecule has 3 heterocycles. The summed E-state index contributed by atoms with van der Waals surface area (Å²) < 4.78 is 1.30. The first-order valence-corrected chi connectivity index (χ1v) is 8.43. The fourth-order valence-corrected chi connectivity index (χ4v) is 3.73. The van der Waals surface area contributed by atoms with Crippen LogP contribution < -0.4 is 10.9 Å². The molecule has 2 fully saturated rings. The van der Waals surface area contributed by atoms with Gasteiger partial charge in [-0.1, -0.05) is 18.2 Å². The van der Waals surface area contributed by atoms with Gasteiger partial charge in [-0.3, -0.25) is 9.59 Å². The maximum atomic E-state index is 13.0. The number of hydrogen-bond acceptors (Lipinski definition) is 4. The van der Waals surface area contributed by atoms with Crippen molar-refractivity contribution in [2.75, 3.05) is 13.1 Å². The Morgan fingerprint density at radius 1 is 1.04 bits per heavy atom. The van der Waals surface area contributed by atoms with E-state index in [0.717, 1.165) is 32.4 Å². The van der Waals surface area contributed by atoms with Crippen LogP contribution in [0.2, 0.25) is 0 Å². The van der Waals surface area contributed by atoms with Gasteiger partial charge in [-0.25, -0.2) is 0 Å². The van der Waals surface area contributed by atoms with Crippen LogP contribution in [0.25, 0.3) is 5.69 Å². The third kappa shape index (κ3) is 2.63. The van der Waals surface area contributed by atoms with Crippen molar-refractivity contribution in [3.05, 3.63) is 58.5 Å². The average molecular weight is 324 g/mol. The van der Waals surface area contributed by atoms with Crippen LogP contribution in [0.15, 0.2) is 47.3 Å². The number of amides is 1. The van der Waals surface area contributed by atoms with E-state index < -0.39 is 0 Å². The number of carbonyl (C=O) groups excluding carboxylic acids is 1. The molecule has 2 unspecified atom stereocenters. The molecule has 2 atom stereocenters. The van der Waals surface area contributed by atoms with E-state index >= 15 is 0 Å². The lowest BCUT2D eigenvalue weighted by Gasteiger charge is -2.27. The third-order valence-corrected chi connectivity index (χ3v) is 4.91. The van der Waals surface area contributed by atoms with Crippen molar-refractivity contribution in [2.45, 2.75) is 31.3 Å². The van der Waals surface area contributed by atoms with Gasteiger partial charge in [0.1, 0.15) is 5.69 Å². The van der Waals surface area contributed by atoms with Crippen LogP contribution in [0.5, 0.6) is 0 Å². The molecule has 2 saturated heterocycles. The lowest BCUT2D eigenvalue weighted by atomic mass is 10.1. The van der Waals surface area contributed by atoms with E-state index in [9.17, 15) is 9.59 Å². The van der Waals surface area contributed by atoms with Crippen LogP contribution in [-0.4, -0.2) is 45.8 Å². The first-order chi connectivity index (χ1) is 11.7. The van der Waals surface area contributed by atoms with Crippen molar-refractivity contribution in [3.8, 4) is 5.69 Å². The molecule has 0 saturated carbocycles. The zero-order valence-electron chi connectivity index (χ0n) is 13.4. The molecular weight excluding hydrogens is 304 g/mol. The molecule has 1 N–H and O–H groups in total. The summed E-state index contributed by atoms with van der Waals surface area (Å²) in [5.41, 5.74) is 0.758. The van der Waals surface area contributed by atoms with Crippen LogP contribution >= 0.6 is 0 Å². The fraction of sp³-hybridized carbons (Fsp3) is 0.389. The molecule has 4 rings (SSSR count). The number of carbonyl (C=O) groups is 1. The molecule has 1 aromatic heterocycles. The van der Waals surface area contributed by atoms with Crippen molar-refractivity contribution in [2.24, 2.45) is 0 Å². The highest BCUT2D eigenvalue weighted by molar-refractivity contribution is 5.92. The standard InChI is InChI=1S/C18H20N4O2/c23-17-9-8-16(20-22(17)14-4-2-1-3-5-14)18(24)21-13-6-7-15(21)12-19-11-10-13/h1-5,8-9,13,15,19H,6-7,10-12H2. The van der Waals surface area contributed by atoms with Crippen LogP contribution in [0.1, 0.15) is 29.8 Å². The second-order valence-electron chi connectivity index (χ2n) is 6.39. The Balaban J connectivity index is 1.69. The molecule has 2 bridgehead atoms. The van der Waals surface area contributed by atoms with Crippen LogP contribution in [-0.2, 0) is 0 Å². The number of para-hydroxylation sites is 1. The summed E-state index contributed by atoms with van der Waals surface area (Å²) in [5, 5.41) is 7.73. The van der Waals surface area contributed by atoms with Gasteiger partial charge in [0.2, 0.25) is 0 Å². The number of rotatable bonds is 2. The maximum Gasteiger partial charge on any atom is 0.274 e. The summed E-state index contributed by atoms with van der Waals surface area (Å²) in [4.78, 5) is 27.1. The zero-order valence-corrected chi connectivity index (χ0v) is 13.4. The highest BCUT2D eigenvalue weighted by Gasteiger charge is 2.38. The molecule has 1 aromatic carbocycles. The van der Waals surface area contributed by atoms with Crippen molar-refractivity contribution in [1.29, 1.82) is 0 Å². The third-order valence-electron chi connectivity index (χ3n) is 4.91. The number of aromatic nitrogens is 2. The van der Waals surface area contributed by atoms with Gasteiger partial charge in [0.05, 0.1) is 5.69 Å². The van der Waals surface area contributed by atoms with Gasteiger partial charge < -0.3 is 10.2 Å². The number of fused-ring (bicyclic) bond motifs is 2. The number of hydrogen-bond donors (Lipinski definition) is 1. The normalized spacial score (nSPS) is 23.1. The molecule has 1 amide bonds. The minimum absolute atomic E-state index is 0.0733. The quantitative estimate of drug-likeness (QED) is 0.901. The van der Waals surface area contributed by atoms with E-state index in [1.807, 2.05) is 35.2 Å². The molecule has 2 aromatic rings. The predicted octanol–water partition coefficient (Wildman–Crippen LogP) is 1.20. The Morgan fingerprint density at radius 3 is 2.67 bits per heavy atom. The van der Waals surface area contributed by atoms with E-state index in [1.165, 1.54) is 10.7 Å². The molecule has 124 valence electrons. The van der Waals surface area contributed by atoms with Crippen molar-refractivity contribution >= 4 is 5.91 Å². The Hall–Kier alpha value is -2.47. The van der Waals surface area contributed by atoms with E-state index in [4.69, 9.17) is 0 Å². The topological polar surface area (TPSA) is 67.2 Å². The largest absolute Gasteiger partial charge is 0.330 e. The van der Waals surface area contributed by atoms with Gasteiger partial charge in [-0.05, 0) is 44.0 Å². The monoisotopic (exact) mass is 324 g/mol. The molecular formula is C18H20N4O2. The molecule has 0 aliphatic carbocycles. The van der Waals surface area contributed by atoms with Gasteiger partial charge in [-0.2, -0.15) is 9.78 Å². The highest BCUT2D eigenvalue weighted by atomic mass is 16.2. The summed E-state index contributed by atoms with van der Waals surface area (Å²) in [7, 11) is 0. The molecule has 24 heavy (non-hydrogen) atoms. The van der Waals surface area contributed by atoms with Gasteiger partial charge in [-0.15, -0.1) is 0 Å². The minimum atomic E-state index is -0.238. The van der Waals surface area contributed by atoms with Crippen molar-refractivity contribution in [3.63, 3.8) is 0 Å². The zero-order chi connectivity index (χ0) is 16.5. The Labute approximate surface area is 140 Å². The van der Waals surface area contributed by atoms with E-state index in [-0.39, 0.29) is 23.6 Å². The summed E-state index contributed by atoms with van der Waals surface area (Å²) in [6.07, 6.45) is 3.05. The molecule has 2 aliphatic heterocycles. The maximum absolute atomic E-state index is 13.0. The van der Waals surface area contributed by atoms with Crippen LogP contribution in [0, 0.1) is 0 Å². The summed E-state index contributed by atoms with van der Waals surface area (Å²) >= 11 is 0. The molecule has 6 nitrogen and oxygen atoms in total. The number of nitrogens with one attached hydrogen (secondary N) is 1. The van der Waals surface area contributed by atoms with E-state index in [2.05, 4.69) is 10.4 Å². The highest BCUT2D eigenvalue weighted by Crippen LogP contribution is 2.29. The minimum Gasteiger partial charge on any atom is -0.330 e.